The molecule has 1 atom stereocenters. The van der Waals surface area contributed by atoms with E-state index in [9.17, 15) is 27.6 Å². The number of benzene rings is 3. The van der Waals surface area contributed by atoms with Gasteiger partial charge in [0.2, 0.25) is 27.8 Å². The van der Waals surface area contributed by atoms with Crippen LogP contribution in [0.4, 0.5) is 34.5 Å². The Balaban J connectivity index is 0.701. The zero-order chi connectivity index (χ0) is 46.7. The normalized spacial score (nSPS) is 20.1. The Hall–Kier alpha value is -6.09. The number of nitrogens with one attached hydrogen (secondary N) is 3. The van der Waals surface area contributed by atoms with Crippen molar-refractivity contribution in [1.29, 1.82) is 0 Å². The van der Waals surface area contributed by atoms with Crippen LogP contribution in [0.5, 0.6) is 5.75 Å². The number of methoxy groups -OCH3 is 1. The minimum Gasteiger partial charge on any atom is -0.494 e. The van der Waals surface area contributed by atoms with E-state index in [-0.39, 0.29) is 12.8 Å². The zero-order valence-corrected chi connectivity index (χ0v) is 39.9. The molecule has 0 radical (unpaired) electrons. The molecule has 67 heavy (non-hydrogen) atoms. The van der Waals surface area contributed by atoms with E-state index in [0.717, 1.165) is 105 Å². The van der Waals surface area contributed by atoms with Crippen LogP contribution in [0.2, 0.25) is 0 Å². The third-order valence-electron chi connectivity index (χ3n) is 13.8. The molecule has 0 aliphatic carbocycles. The topological polar surface area (TPSA) is 195 Å². The van der Waals surface area contributed by atoms with Crippen LogP contribution in [-0.4, -0.2) is 145 Å². The molecule has 5 aromatic rings. The van der Waals surface area contributed by atoms with Gasteiger partial charge in [0.1, 0.15) is 17.6 Å². The van der Waals surface area contributed by atoms with E-state index in [2.05, 4.69) is 75.5 Å². The number of nitrogens with zero attached hydrogens (tertiary/aromatic N) is 8. The first-order valence-corrected chi connectivity index (χ1v) is 25.2. The summed E-state index contributed by atoms with van der Waals surface area (Å²) in [6, 6.07) is 16.3. The minimum atomic E-state index is -3.54. The summed E-state index contributed by atoms with van der Waals surface area (Å²) in [6.45, 7) is 10.9. The summed E-state index contributed by atoms with van der Waals surface area (Å²) < 4.78 is 32.8. The molecule has 4 fully saturated rings. The van der Waals surface area contributed by atoms with Gasteiger partial charge in [0.25, 0.3) is 11.8 Å². The van der Waals surface area contributed by atoms with Gasteiger partial charge in [-0.3, -0.25) is 34.3 Å². The number of anilines is 6. The predicted octanol–water partition coefficient (Wildman–Crippen LogP) is 4.93. The largest absolute Gasteiger partial charge is 0.494 e. The number of aromatic nitrogens is 3. The first-order valence-electron chi connectivity index (χ1n) is 22.6. The van der Waals surface area contributed by atoms with Gasteiger partial charge >= 0.3 is 0 Å². The maximum atomic E-state index is 13.3. The molecule has 0 bridgehead atoms. The number of carbonyl (C=O) groups is 4. The number of halogens is 1. The number of imide groups is 2. The van der Waals surface area contributed by atoms with Crippen LogP contribution in [0.1, 0.15) is 52.0 Å². The number of hydrogen-bond donors (Lipinski definition) is 3. The lowest BCUT2D eigenvalue weighted by atomic mass is 9.96. The molecular weight excluding hydrogens is 943 g/mol. The number of para-hydroxylation sites is 1. The summed E-state index contributed by atoms with van der Waals surface area (Å²) in [5.74, 6) is 0.0218. The summed E-state index contributed by atoms with van der Waals surface area (Å²) in [5.41, 5.74) is 5.59. The lowest BCUT2D eigenvalue weighted by Crippen LogP contribution is -2.57. The Kier molecular flexibility index (Phi) is 11.9. The average Bonchev–Trinajstić information content (AvgIpc) is 3.85. The molecule has 4 amide bonds. The van der Waals surface area contributed by atoms with Crippen molar-refractivity contribution >= 4 is 95.0 Å². The number of rotatable bonds is 12. The monoisotopic (exact) mass is 993 g/mol. The maximum Gasteiger partial charge on any atom is 0.262 e. The predicted molar refractivity (Wildman–Crippen MR) is 258 cm³/mol. The molecule has 3 aromatic carbocycles. The summed E-state index contributed by atoms with van der Waals surface area (Å²) in [4.78, 5) is 70.8. The lowest BCUT2D eigenvalue weighted by molar-refractivity contribution is -0.136. The van der Waals surface area contributed by atoms with Gasteiger partial charge in [-0.15, -0.1) is 0 Å². The highest BCUT2D eigenvalue weighted by molar-refractivity contribution is 9.10. The molecule has 5 aliphatic heterocycles. The molecule has 4 saturated heterocycles. The molecule has 18 nitrogen and oxygen atoms in total. The Morgan fingerprint density at radius 2 is 1.63 bits per heavy atom. The molecule has 3 N–H and O–H groups in total. The van der Waals surface area contributed by atoms with Crippen LogP contribution in [0, 0.1) is 12.8 Å². The van der Waals surface area contributed by atoms with Crippen molar-refractivity contribution in [3.63, 3.8) is 0 Å². The molecule has 0 saturated carbocycles. The van der Waals surface area contributed by atoms with Crippen LogP contribution in [0.25, 0.3) is 10.9 Å². The molecule has 0 spiro atoms. The van der Waals surface area contributed by atoms with E-state index >= 15 is 0 Å². The Morgan fingerprint density at radius 3 is 2.36 bits per heavy atom. The SMILES string of the molecule is COc1cc(N2CCC(N3CCN(CC4CN(c5ccc6c(c5)C(=O)N(C5CCC(=O)NC5=O)C6=O)C4)CC3)CC2)c(C)cc1Nc1ncc(Br)c(Nc2cccc3ccn(S(C)(=O)=O)c23)n1. The smallest absolute Gasteiger partial charge is 0.262 e. The zero-order valence-electron chi connectivity index (χ0n) is 37.5. The molecule has 1 unspecified atom stereocenters. The number of ether oxygens (including phenoxy) is 1. The van der Waals surface area contributed by atoms with Crippen LogP contribution in [-0.2, 0) is 19.6 Å². The number of piperidine rings is 2. The van der Waals surface area contributed by atoms with Gasteiger partial charge in [-0.2, -0.15) is 4.98 Å². The van der Waals surface area contributed by atoms with E-state index in [1.165, 1.54) is 10.2 Å². The quantitative estimate of drug-likeness (QED) is 0.142. The highest BCUT2D eigenvalue weighted by Gasteiger charge is 2.45. The molecule has 2 aromatic heterocycles. The molecule has 350 valence electrons. The fourth-order valence-corrected chi connectivity index (χ4v) is 11.4. The molecule has 7 heterocycles. The fraction of sp³-hybridized carbons (Fsp3) is 0.404. The van der Waals surface area contributed by atoms with Gasteiger partial charge in [-0.05, 0) is 84.1 Å². The van der Waals surface area contributed by atoms with Crippen LogP contribution in [0.3, 0.4) is 0 Å². The highest BCUT2D eigenvalue weighted by atomic mass is 79.9. The highest BCUT2D eigenvalue weighted by Crippen LogP contribution is 2.38. The summed E-state index contributed by atoms with van der Waals surface area (Å²) in [5, 5.41) is 9.67. The third kappa shape index (κ3) is 8.71. The van der Waals surface area contributed by atoms with Crippen molar-refractivity contribution in [2.75, 3.05) is 92.7 Å². The number of carbonyl (C=O) groups excluding carboxylic acids is 4. The van der Waals surface area contributed by atoms with E-state index in [4.69, 9.17) is 9.72 Å². The second-order valence-electron chi connectivity index (χ2n) is 18.1. The van der Waals surface area contributed by atoms with Crippen LogP contribution >= 0.6 is 15.9 Å². The van der Waals surface area contributed by atoms with Crippen LogP contribution in [0.15, 0.2) is 71.5 Å². The summed E-state index contributed by atoms with van der Waals surface area (Å²) >= 11 is 3.55. The van der Waals surface area contributed by atoms with Gasteiger partial charge < -0.3 is 30.1 Å². The van der Waals surface area contributed by atoms with Gasteiger partial charge in [-0.1, -0.05) is 12.1 Å². The molecule has 20 heteroatoms. The summed E-state index contributed by atoms with van der Waals surface area (Å²) in [6.07, 6.45) is 6.74. The third-order valence-corrected chi connectivity index (χ3v) is 15.4. The van der Waals surface area contributed by atoms with Gasteiger partial charge in [-0.25, -0.2) is 17.4 Å². The van der Waals surface area contributed by atoms with Crippen molar-refractivity contribution in [2.45, 2.75) is 44.7 Å². The van der Waals surface area contributed by atoms with Crippen molar-refractivity contribution < 1.29 is 32.3 Å². The van der Waals surface area contributed by atoms with E-state index in [1.807, 2.05) is 24.3 Å². The number of piperazine rings is 1. The first-order chi connectivity index (χ1) is 32.2. The first kappa shape index (κ1) is 44.7. The van der Waals surface area contributed by atoms with Crippen molar-refractivity contribution in [1.82, 2.24) is 34.0 Å². The second kappa shape index (κ2) is 17.9. The van der Waals surface area contributed by atoms with E-state index in [0.29, 0.717) is 56.3 Å². The Bertz CT molecular complexity index is 2930. The number of aryl methyl sites for hydroxylation is 1. The van der Waals surface area contributed by atoms with Crippen molar-refractivity contribution in [3.8, 4) is 5.75 Å². The lowest BCUT2D eigenvalue weighted by Gasteiger charge is -2.46. The molecular formula is C47H52BrN11O7S. The Morgan fingerprint density at radius 1 is 0.866 bits per heavy atom. The molecule has 5 aliphatic rings. The summed E-state index contributed by atoms with van der Waals surface area (Å²) in [7, 11) is -1.88. The van der Waals surface area contributed by atoms with Gasteiger partial charge in [0, 0.05) is 113 Å². The minimum absolute atomic E-state index is 0.0927. The molecule has 10 rings (SSSR count). The average molecular weight is 995 g/mol. The van der Waals surface area contributed by atoms with Gasteiger partial charge in [0.05, 0.1) is 45.9 Å². The van der Waals surface area contributed by atoms with Crippen LogP contribution < -0.4 is 30.5 Å². The number of fused-ring (bicyclic) bond motifs is 2. The van der Waals surface area contributed by atoms with Crippen molar-refractivity contribution in [3.05, 3.63) is 88.2 Å². The Labute approximate surface area is 396 Å². The fourth-order valence-electron chi connectivity index (χ4n) is 10.3. The van der Waals surface area contributed by atoms with E-state index < -0.39 is 39.7 Å². The maximum absolute atomic E-state index is 13.3. The number of hydrogen-bond acceptors (Lipinski definition) is 15. The second-order valence-corrected chi connectivity index (χ2v) is 20.8. The number of amides is 4. The van der Waals surface area contributed by atoms with E-state index in [1.54, 1.807) is 37.7 Å². The van der Waals surface area contributed by atoms with Gasteiger partial charge in [0.15, 0.2) is 0 Å². The van der Waals surface area contributed by atoms with Crippen molar-refractivity contribution in [2.24, 2.45) is 5.92 Å². The standard InChI is InChI=1S/C47H52BrN11O7S/c1-28-21-37(51-47-49-24-35(48)43(53-47)50-36-6-4-5-30-11-16-58(42(30)36)67(3,64)65)40(66-2)23-39(28)56-14-12-31(13-15-56)55-19-17-54(18-20-55)25-29-26-57(27-29)32-7-8-33-34(22-32)46(63)59(45(33)62)38-9-10-41(60)52-44(38)61/h4-8,11,16,21-24,29,31,38H,9-10,12-15,17-20,25-27H2,1-3H3,(H,52,60,61)(H2,49,50,51,53).